The van der Waals surface area contributed by atoms with E-state index in [0.717, 1.165) is 11.1 Å². The molecule has 1 heterocycles. The molecule has 2 aromatic carbocycles. The summed E-state index contributed by atoms with van der Waals surface area (Å²) in [6, 6.07) is 17.2. The highest BCUT2D eigenvalue weighted by Crippen LogP contribution is 2.21. The molecule has 0 aromatic heterocycles. The van der Waals surface area contributed by atoms with Crippen LogP contribution in [0.1, 0.15) is 18.1 Å². The Morgan fingerprint density at radius 1 is 0.943 bits per heavy atom. The van der Waals surface area contributed by atoms with Gasteiger partial charge in [0.05, 0.1) is 12.5 Å². The van der Waals surface area contributed by atoms with Crippen LogP contribution in [0, 0.1) is 5.92 Å². The van der Waals surface area contributed by atoms with Crippen LogP contribution in [0.3, 0.4) is 0 Å². The van der Waals surface area contributed by atoms with Gasteiger partial charge in [0.25, 0.3) is 0 Å². The molecule has 2 amide bonds. The molecule has 0 radical (unpaired) electrons. The summed E-state index contributed by atoms with van der Waals surface area (Å²) in [4.78, 5) is 53.4. The minimum Gasteiger partial charge on any atom is -0.461 e. The van der Waals surface area contributed by atoms with Crippen molar-refractivity contribution < 1.29 is 28.7 Å². The first-order valence-corrected chi connectivity index (χ1v) is 11.1. The van der Waals surface area contributed by atoms with E-state index in [1.54, 1.807) is 0 Å². The summed E-state index contributed by atoms with van der Waals surface area (Å²) >= 11 is 0. The molecular formula is C25H30ClN3O6. The zero-order valence-electron chi connectivity index (χ0n) is 19.5. The number of piperazine rings is 1. The molecule has 1 aliphatic rings. The van der Waals surface area contributed by atoms with Crippen molar-refractivity contribution in [2.75, 3.05) is 26.2 Å². The third-order valence-corrected chi connectivity index (χ3v) is 5.64. The average Bonchev–Trinajstić information content (AvgIpc) is 2.87. The van der Waals surface area contributed by atoms with E-state index in [1.807, 2.05) is 60.7 Å². The van der Waals surface area contributed by atoms with Gasteiger partial charge in [-0.2, -0.15) is 0 Å². The van der Waals surface area contributed by atoms with Crippen LogP contribution in [-0.2, 0) is 41.9 Å². The lowest BCUT2D eigenvalue weighted by molar-refractivity contribution is -0.165. The summed E-state index contributed by atoms with van der Waals surface area (Å²) in [5.41, 5.74) is 7.15. The third-order valence-electron chi connectivity index (χ3n) is 5.64. The number of benzene rings is 2. The van der Waals surface area contributed by atoms with Crippen molar-refractivity contribution in [3.8, 4) is 0 Å². The van der Waals surface area contributed by atoms with Gasteiger partial charge in [0.1, 0.15) is 25.8 Å². The van der Waals surface area contributed by atoms with Gasteiger partial charge in [0.15, 0.2) is 0 Å². The number of hydrogen-bond donors (Lipinski definition) is 1. The number of nitrogens with zero attached hydrogens (tertiary/aromatic N) is 2. The summed E-state index contributed by atoms with van der Waals surface area (Å²) in [5.74, 6) is -3.12. The summed E-state index contributed by atoms with van der Waals surface area (Å²) in [5, 5.41) is 0. The SMILES string of the molecule is CC(C(=O)OCc1ccccc1)C1C(=O)N(CC(=O)OCc2ccccc2)CCN1C(=O)CN.Cl. The fourth-order valence-electron chi connectivity index (χ4n) is 3.76. The Morgan fingerprint density at radius 3 is 2.03 bits per heavy atom. The highest BCUT2D eigenvalue weighted by molar-refractivity contribution is 5.94. The van der Waals surface area contributed by atoms with E-state index in [9.17, 15) is 19.2 Å². The van der Waals surface area contributed by atoms with Gasteiger partial charge in [0.2, 0.25) is 11.8 Å². The average molecular weight is 504 g/mol. The molecule has 1 fully saturated rings. The molecule has 2 aromatic rings. The zero-order chi connectivity index (χ0) is 24.5. The molecule has 35 heavy (non-hydrogen) atoms. The Bertz CT molecular complexity index is 1000. The third kappa shape index (κ3) is 7.53. The van der Waals surface area contributed by atoms with Gasteiger partial charge in [0, 0.05) is 13.1 Å². The Balaban J connectivity index is 0.00000432. The van der Waals surface area contributed by atoms with Crippen LogP contribution in [-0.4, -0.2) is 65.8 Å². The predicted octanol–water partition coefficient (Wildman–Crippen LogP) is 1.53. The molecule has 1 aliphatic heterocycles. The first-order chi connectivity index (χ1) is 16.4. The molecule has 10 heteroatoms. The van der Waals surface area contributed by atoms with Crippen molar-refractivity contribution >= 4 is 36.2 Å². The number of ether oxygens (including phenoxy) is 2. The van der Waals surface area contributed by atoms with E-state index < -0.39 is 35.7 Å². The maximum atomic E-state index is 13.3. The molecule has 188 valence electrons. The van der Waals surface area contributed by atoms with Gasteiger partial charge in [-0.1, -0.05) is 60.7 Å². The second-order valence-corrected chi connectivity index (χ2v) is 8.02. The van der Waals surface area contributed by atoms with Crippen LogP contribution in [0.5, 0.6) is 0 Å². The fourth-order valence-corrected chi connectivity index (χ4v) is 3.76. The van der Waals surface area contributed by atoms with Crippen LogP contribution in [0.25, 0.3) is 0 Å². The molecule has 1 saturated heterocycles. The number of halogens is 1. The van der Waals surface area contributed by atoms with Crippen molar-refractivity contribution in [1.29, 1.82) is 0 Å². The molecule has 0 spiro atoms. The maximum Gasteiger partial charge on any atom is 0.325 e. The zero-order valence-corrected chi connectivity index (χ0v) is 20.3. The summed E-state index contributed by atoms with van der Waals surface area (Å²) < 4.78 is 10.7. The van der Waals surface area contributed by atoms with Crippen molar-refractivity contribution in [2.24, 2.45) is 11.7 Å². The molecule has 2 N–H and O–H groups in total. The van der Waals surface area contributed by atoms with Crippen LogP contribution in [0.2, 0.25) is 0 Å². The van der Waals surface area contributed by atoms with E-state index in [2.05, 4.69) is 0 Å². The molecule has 2 unspecified atom stereocenters. The van der Waals surface area contributed by atoms with Gasteiger partial charge >= 0.3 is 11.9 Å². The lowest BCUT2D eigenvalue weighted by atomic mass is 9.96. The minimum atomic E-state index is -1.12. The maximum absolute atomic E-state index is 13.3. The van der Waals surface area contributed by atoms with Crippen molar-refractivity contribution in [3.63, 3.8) is 0 Å². The van der Waals surface area contributed by atoms with E-state index in [1.165, 1.54) is 16.7 Å². The largest absolute Gasteiger partial charge is 0.461 e. The van der Waals surface area contributed by atoms with E-state index >= 15 is 0 Å². The van der Waals surface area contributed by atoms with E-state index in [4.69, 9.17) is 15.2 Å². The normalized spacial score (nSPS) is 16.2. The van der Waals surface area contributed by atoms with Gasteiger partial charge in [-0.3, -0.25) is 19.2 Å². The van der Waals surface area contributed by atoms with Gasteiger partial charge in [-0.25, -0.2) is 0 Å². The Kier molecular flexibility index (Phi) is 10.7. The summed E-state index contributed by atoms with van der Waals surface area (Å²) in [6.07, 6.45) is 0. The van der Waals surface area contributed by atoms with Crippen LogP contribution in [0.15, 0.2) is 60.7 Å². The van der Waals surface area contributed by atoms with Crippen LogP contribution < -0.4 is 5.73 Å². The monoisotopic (exact) mass is 503 g/mol. The molecule has 0 aliphatic carbocycles. The number of nitrogens with two attached hydrogens (primary N) is 1. The second kappa shape index (κ2) is 13.5. The number of amides is 2. The number of carbonyl (C=O) groups excluding carboxylic acids is 4. The van der Waals surface area contributed by atoms with E-state index in [-0.39, 0.29) is 51.8 Å². The van der Waals surface area contributed by atoms with E-state index in [0.29, 0.717) is 0 Å². The topological polar surface area (TPSA) is 119 Å². The van der Waals surface area contributed by atoms with Crippen molar-refractivity contribution in [2.45, 2.75) is 26.2 Å². The Hall–Kier alpha value is -3.43. The molecule has 9 nitrogen and oxygen atoms in total. The highest BCUT2D eigenvalue weighted by atomic mass is 35.5. The highest BCUT2D eigenvalue weighted by Gasteiger charge is 2.44. The van der Waals surface area contributed by atoms with Crippen LogP contribution >= 0.6 is 12.4 Å². The number of carbonyl (C=O) groups is 4. The lowest BCUT2D eigenvalue weighted by Crippen LogP contribution is -2.63. The minimum absolute atomic E-state index is 0. The molecule has 2 atom stereocenters. The number of rotatable bonds is 9. The first kappa shape index (κ1) is 27.8. The van der Waals surface area contributed by atoms with Crippen LogP contribution in [0.4, 0.5) is 0 Å². The fraction of sp³-hybridized carbons (Fsp3) is 0.360. The number of hydrogen-bond acceptors (Lipinski definition) is 7. The van der Waals surface area contributed by atoms with Gasteiger partial charge < -0.3 is 25.0 Å². The summed E-state index contributed by atoms with van der Waals surface area (Å²) in [6.45, 7) is 1.37. The van der Waals surface area contributed by atoms with Crippen molar-refractivity contribution in [1.82, 2.24) is 9.80 Å². The molecular weight excluding hydrogens is 474 g/mol. The quantitative estimate of drug-likeness (QED) is 0.515. The lowest BCUT2D eigenvalue weighted by Gasteiger charge is -2.41. The smallest absolute Gasteiger partial charge is 0.325 e. The van der Waals surface area contributed by atoms with Gasteiger partial charge in [-0.05, 0) is 18.1 Å². The Morgan fingerprint density at radius 2 is 1.49 bits per heavy atom. The number of esters is 2. The molecule has 3 rings (SSSR count). The van der Waals surface area contributed by atoms with Gasteiger partial charge in [-0.15, -0.1) is 12.4 Å². The summed E-state index contributed by atoms with van der Waals surface area (Å²) in [7, 11) is 0. The predicted molar refractivity (Wildman–Crippen MR) is 130 cm³/mol. The first-order valence-electron chi connectivity index (χ1n) is 11.1. The van der Waals surface area contributed by atoms with Crippen molar-refractivity contribution in [3.05, 3.63) is 71.8 Å². The molecule has 0 bridgehead atoms. The Labute approximate surface area is 210 Å². The molecule has 0 saturated carbocycles. The second-order valence-electron chi connectivity index (χ2n) is 8.02. The standard InChI is InChI=1S/C25H29N3O6.ClH/c1-18(25(32)34-17-20-10-6-3-7-11-20)23-24(31)27(12-13-28(23)21(29)14-26)15-22(30)33-16-19-8-4-2-5-9-19;/h2-11,18,23H,12-17,26H2,1H3;1H.